The molecule has 0 radical (unpaired) electrons. The van der Waals surface area contributed by atoms with Crippen LogP contribution in [0, 0.1) is 5.92 Å². The van der Waals surface area contributed by atoms with Crippen LogP contribution in [0.15, 0.2) is 48.5 Å². The van der Waals surface area contributed by atoms with Crippen molar-refractivity contribution in [2.75, 3.05) is 7.11 Å². The van der Waals surface area contributed by atoms with E-state index in [9.17, 15) is 0 Å². The molecule has 0 N–H and O–H groups in total. The van der Waals surface area contributed by atoms with E-state index in [0.717, 1.165) is 29.9 Å². The van der Waals surface area contributed by atoms with Crippen LogP contribution < -0.4 is 9.47 Å². The third-order valence-corrected chi connectivity index (χ3v) is 5.38. The monoisotopic (exact) mass is 324 g/mol. The first kappa shape index (κ1) is 15.5. The van der Waals surface area contributed by atoms with Gasteiger partial charge in [0, 0.05) is 17.5 Å². The molecule has 0 saturated carbocycles. The summed E-state index contributed by atoms with van der Waals surface area (Å²) in [4.78, 5) is 0. The largest absolute Gasteiger partial charge is 0.497 e. The van der Waals surface area contributed by atoms with E-state index in [2.05, 4.69) is 44.2 Å². The van der Waals surface area contributed by atoms with Crippen molar-refractivity contribution in [2.45, 2.75) is 44.5 Å². The first-order valence-electron chi connectivity index (χ1n) is 8.66. The second kappa shape index (κ2) is 5.82. The molecular weight excluding hydrogens is 300 g/mol. The number of rotatable bonds is 2. The highest BCUT2D eigenvalue weighted by Crippen LogP contribution is 2.53. The summed E-state index contributed by atoms with van der Waals surface area (Å²) in [6, 6.07) is 16.6. The number of ether oxygens (including phenoxy) is 3. The first-order chi connectivity index (χ1) is 11.6. The Kier molecular flexibility index (Phi) is 3.76. The average Bonchev–Trinajstić information content (AvgIpc) is 2.61. The van der Waals surface area contributed by atoms with Crippen molar-refractivity contribution >= 4 is 0 Å². The Hall–Kier alpha value is -2.00. The van der Waals surface area contributed by atoms with E-state index in [-0.39, 0.29) is 17.8 Å². The summed E-state index contributed by atoms with van der Waals surface area (Å²) < 4.78 is 18.3. The molecule has 2 aliphatic rings. The molecule has 0 aromatic heterocycles. The topological polar surface area (TPSA) is 27.7 Å². The lowest BCUT2D eigenvalue weighted by atomic mass is 9.74. The van der Waals surface area contributed by atoms with Gasteiger partial charge in [0.25, 0.3) is 0 Å². The van der Waals surface area contributed by atoms with E-state index >= 15 is 0 Å². The average molecular weight is 324 g/mol. The van der Waals surface area contributed by atoms with Crippen LogP contribution in [0.5, 0.6) is 11.5 Å². The zero-order chi connectivity index (χ0) is 16.7. The van der Waals surface area contributed by atoms with Crippen molar-refractivity contribution in [2.24, 2.45) is 5.92 Å². The van der Waals surface area contributed by atoms with Gasteiger partial charge in [0.15, 0.2) is 0 Å². The molecule has 3 heteroatoms. The lowest BCUT2D eigenvalue weighted by molar-refractivity contribution is -0.151. The molecule has 2 heterocycles. The highest BCUT2D eigenvalue weighted by atomic mass is 16.5. The first-order valence-corrected chi connectivity index (χ1v) is 8.66. The van der Waals surface area contributed by atoms with Crippen LogP contribution in [0.2, 0.25) is 0 Å². The van der Waals surface area contributed by atoms with Gasteiger partial charge in [-0.15, -0.1) is 0 Å². The summed E-state index contributed by atoms with van der Waals surface area (Å²) in [5.41, 5.74) is 2.15. The van der Waals surface area contributed by atoms with Crippen molar-refractivity contribution in [3.8, 4) is 11.5 Å². The molecule has 24 heavy (non-hydrogen) atoms. The molecule has 2 aromatic carbocycles. The third kappa shape index (κ3) is 2.57. The lowest BCUT2D eigenvalue weighted by Gasteiger charge is -2.48. The Labute approximate surface area is 143 Å². The summed E-state index contributed by atoms with van der Waals surface area (Å²) in [6.07, 6.45) is 2.34. The quantitative estimate of drug-likeness (QED) is 0.771. The van der Waals surface area contributed by atoms with Gasteiger partial charge < -0.3 is 14.2 Å². The number of hydrogen-bond acceptors (Lipinski definition) is 3. The van der Waals surface area contributed by atoms with E-state index in [1.165, 1.54) is 5.56 Å². The standard InChI is InChI=1S/C21H24O3/c1-21(2)17-11-12-18(14-7-5-4-6-8-14)23-20(17)16-10-9-15(22-3)13-19(16)24-21/h4-10,13,17-18,20H,11-12H2,1-3H3/t17-,18+,20+/m0/s1. The Balaban J connectivity index is 1.70. The molecule has 3 atom stereocenters. The zero-order valence-electron chi connectivity index (χ0n) is 14.5. The second-order valence-corrected chi connectivity index (χ2v) is 7.25. The van der Waals surface area contributed by atoms with E-state index in [0.29, 0.717) is 5.92 Å². The highest BCUT2D eigenvalue weighted by molar-refractivity contribution is 5.45. The summed E-state index contributed by atoms with van der Waals surface area (Å²) in [5, 5.41) is 0. The van der Waals surface area contributed by atoms with Gasteiger partial charge in [-0.3, -0.25) is 0 Å². The van der Waals surface area contributed by atoms with Crippen LogP contribution in [0.3, 0.4) is 0 Å². The summed E-state index contributed by atoms with van der Waals surface area (Å²) in [7, 11) is 1.68. The van der Waals surface area contributed by atoms with Crippen LogP contribution in [-0.4, -0.2) is 12.7 Å². The minimum absolute atomic E-state index is 0.0635. The molecule has 0 bridgehead atoms. The van der Waals surface area contributed by atoms with E-state index in [4.69, 9.17) is 14.2 Å². The van der Waals surface area contributed by atoms with Crippen molar-refractivity contribution in [3.05, 3.63) is 59.7 Å². The minimum atomic E-state index is -0.244. The highest BCUT2D eigenvalue weighted by Gasteiger charge is 2.47. The number of fused-ring (bicyclic) bond motifs is 3. The normalized spacial score (nSPS) is 27.5. The molecule has 0 aliphatic carbocycles. The maximum absolute atomic E-state index is 6.59. The van der Waals surface area contributed by atoms with E-state index < -0.39 is 0 Å². The molecule has 2 aromatic rings. The summed E-state index contributed by atoms with van der Waals surface area (Å²) >= 11 is 0. The molecule has 0 spiro atoms. The smallest absolute Gasteiger partial charge is 0.129 e. The van der Waals surface area contributed by atoms with Crippen LogP contribution >= 0.6 is 0 Å². The van der Waals surface area contributed by atoms with Gasteiger partial charge in [-0.25, -0.2) is 0 Å². The van der Waals surface area contributed by atoms with Gasteiger partial charge in [-0.05, 0) is 44.4 Å². The lowest BCUT2D eigenvalue weighted by Crippen LogP contribution is -2.47. The third-order valence-electron chi connectivity index (χ3n) is 5.38. The Bertz CT molecular complexity index is 723. The number of methoxy groups -OCH3 is 1. The molecule has 0 unspecified atom stereocenters. The van der Waals surface area contributed by atoms with Gasteiger partial charge in [-0.1, -0.05) is 30.3 Å². The fraction of sp³-hybridized carbons (Fsp3) is 0.429. The van der Waals surface area contributed by atoms with Crippen molar-refractivity contribution in [1.29, 1.82) is 0 Å². The zero-order valence-corrected chi connectivity index (χ0v) is 14.5. The van der Waals surface area contributed by atoms with E-state index in [1.807, 2.05) is 18.2 Å². The van der Waals surface area contributed by atoms with Crippen LogP contribution in [0.25, 0.3) is 0 Å². The number of benzene rings is 2. The van der Waals surface area contributed by atoms with Gasteiger partial charge in [-0.2, -0.15) is 0 Å². The van der Waals surface area contributed by atoms with Crippen molar-refractivity contribution in [3.63, 3.8) is 0 Å². The van der Waals surface area contributed by atoms with Gasteiger partial charge in [0.1, 0.15) is 17.1 Å². The van der Waals surface area contributed by atoms with Crippen molar-refractivity contribution < 1.29 is 14.2 Å². The minimum Gasteiger partial charge on any atom is -0.497 e. The number of hydrogen-bond donors (Lipinski definition) is 0. The fourth-order valence-corrected chi connectivity index (χ4v) is 4.06. The predicted octanol–water partition coefficient (Wildman–Crippen LogP) is 5.08. The molecule has 1 fully saturated rings. The second-order valence-electron chi connectivity index (χ2n) is 7.25. The van der Waals surface area contributed by atoms with Gasteiger partial charge >= 0.3 is 0 Å². The van der Waals surface area contributed by atoms with Crippen LogP contribution in [-0.2, 0) is 4.74 Å². The molecule has 4 rings (SSSR count). The molecule has 3 nitrogen and oxygen atoms in total. The maximum Gasteiger partial charge on any atom is 0.129 e. The maximum atomic E-state index is 6.59. The molecular formula is C21H24O3. The van der Waals surface area contributed by atoms with Crippen molar-refractivity contribution in [1.82, 2.24) is 0 Å². The SMILES string of the molecule is COc1ccc2c(c1)OC(C)(C)[C@H]1CC[C@H](c3ccccc3)O[C@H]21. The Morgan fingerprint density at radius 1 is 1.04 bits per heavy atom. The van der Waals surface area contributed by atoms with E-state index in [1.54, 1.807) is 7.11 Å². The molecule has 126 valence electrons. The summed E-state index contributed by atoms with van der Waals surface area (Å²) in [5.74, 6) is 2.06. The summed E-state index contributed by atoms with van der Waals surface area (Å²) in [6.45, 7) is 4.33. The van der Waals surface area contributed by atoms with Gasteiger partial charge in [0.2, 0.25) is 0 Å². The molecule has 2 aliphatic heterocycles. The predicted molar refractivity (Wildman–Crippen MR) is 93.4 cm³/mol. The van der Waals surface area contributed by atoms with Crippen LogP contribution in [0.4, 0.5) is 0 Å². The Morgan fingerprint density at radius 2 is 1.83 bits per heavy atom. The Morgan fingerprint density at radius 3 is 2.58 bits per heavy atom. The fourth-order valence-electron chi connectivity index (χ4n) is 4.06. The molecule has 1 saturated heterocycles. The molecule has 0 amide bonds. The van der Waals surface area contributed by atoms with Gasteiger partial charge in [0.05, 0.1) is 19.3 Å². The van der Waals surface area contributed by atoms with Crippen LogP contribution in [0.1, 0.15) is 50.0 Å².